The zero-order valence-electron chi connectivity index (χ0n) is 28.1. The molecule has 0 aromatic heterocycles. The van der Waals surface area contributed by atoms with Gasteiger partial charge in [-0.2, -0.15) is 0 Å². The minimum Gasteiger partial charge on any atom is -0.317 e. The van der Waals surface area contributed by atoms with E-state index >= 15 is 0 Å². The van der Waals surface area contributed by atoms with Crippen LogP contribution >= 0.6 is 0 Å². The molecule has 1 atom stereocenters. The van der Waals surface area contributed by atoms with Crippen LogP contribution in [0.4, 0.5) is 22.7 Å². The van der Waals surface area contributed by atoms with Crippen LogP contribution < -0.4 is 9.80 Å². The average Bonchev–Trinajstić information content (AvgIpc) is 3.16. The predicted octanol–water partition coefficient (Wildman–Crippen LogP) is 13.1. The molecule has 7 rings (SSSR count). The predicted molar refractivity (Wildman–Crippen MR) is 212 cm³/mol. The van der Waals surface area contributed by atoms with Gasteiger partial charge >= 0.3 is 0 Å². The molecule has 0 radical (unpaired) electrons. The van der Waals surface area contributed by atoms with Crippen LogP contribution in [0.1, 0.15) is 43.2 Å². The molecule has 0 saturated heterocycles. The van der Waals surface area contributed by atoms with Crippen LogP contribution in [0, 0.1) is 0 Å². The molecular weight excluding hydrogens is 593 g/mol. The molecule has 0 N–H and O–H groups in total. The molecule has 2 aliphatic rings. The highest BCUT2D eigenvalue weighted by atomic mass is 15.1. The summed E-state index contributed by atoms with van der Waals surface area (Å²) in [5.41, 5.74) is 11.3. The Hall–Kier alpha value is -5.86. The number of hydrogen-bond acceptors (Lipinski definition) is 2. The topological polar surface area (TPSA) is 6.48 Å². The summed E-state index contributed by atoms with van der Waals surface area (Å²) >= 11 is 0. The maximum atomic E-state index is 3.81. The van der Waals surface area contributed by atoms with Gasteiger partial charge in [0, 0.05) is 40.3 Å². The van der Waals surface area contributed by atoms with Crippen molar-refractivity contribution in [2.45, 2.75) is 32.1 Å². The molecule has 49 heavy (non-hydrogen) atoms. The van der Waals surface area contributed by atoms with Gasteiger partial charge in [0.1, 0.15) is 0 Å². The SMILES string of the molecule is C=C/C=C\C=C/N(C1=CCC(c2ccc(N(c3ccccc3)c3ccc(C4=CC=C(C)CC4)cc3)cc2)C=C1)c1cccc2ccccc12. The van der Waals surface area contributed by atoms with Gasteiger partial charge in [-0.05, 0) is 103 Å². The van der Waals surface area contributed by atoms with Gasteiger partial charge in [-0.25, -0.2) is 0 Å². The van der Waals surface area contributed by atoms with Crippen molar-refractivity contribution in [3.05, 3.63) is 211 Å². The van der Waals surface area contributed by atoms with E-state index in [1.165, 1.54) is 38.7 Å². The number of anilines is 4. The van der Waals surface area contributed by atoms with Gasteiger partial charge in [-0.1, -0.05) is 134 Å². The van der Waals surface area contributed by atoms with E-state index in [-0.39, 0.29) is 0 Å². The third kappa shape index (κ3) is 7.20. The fraction of sp³-hybridized carbons (Fsp3) is 0.106. The highest BCUT2D eigenvalue weighted by molar-refractivity contribution is 5.95. The summed E-state index contributed by atoms with van der Waals surface area (Å²) in [6.45, 7) is 6.02. The summed E-state index contributed by atoms with van der Waals surface area (Å²) in [5, 5.41) is 2.46. The molecule has 2 heteroatoms. The van der Waals surface area contributed by atoms with Crippen molar-refractivity contribution in [1.29, 1.82) is 0 Å². The fourth-order valence-electron chi connectivity index (χ4n) is 6.74. The molecular formula is C47H42N2. The van der Waals surface area contributed by atoms with E-state index in [0.717, 1.165) is 42.0 Å². The lowest BCUT2D eigenvalue weighted by molar-refractivity contribution is 0.839. The standard InChI is InChI=1S/C47H42N2/c1-3-4-5-11-35-48(47-18-12-14-41-13-9-10-17-46(41)47)42-29-23-38(24-30-42)40-27-33-45(34-28-40)49(43-15-7-6-8-16-43)44-31-25-39(26-32-44)37-21-19-36(2)20-22-37/h3-19,21,23,25-35,38H,1,20,22,24H2,2H3/b5-4-,35-11-. The monoisotopic (exact) mass is 634 g/mol. The molecule has 0 spiro atoms. The van der Waals surface area contributed by atoms with Crippen LogP contribution in [0.25, 0.3) is 16.3 Å². The molecule has 1 unspecified atom stereocenters. The van der Waals surface area contributed by atoms with Crippen molar-refractivity contribution >= 4 is 39.1 Å². The lowest BCUT2D eigenvalue weighted by Gasteiger charge is -2.28. The molecule has 5 aromatic carbocycles. The smallest absolute Gasteiger partial charge is 0.0533 e. The third-order valence-electron chi connectivity index (χ3n) is 9.43. The molecule has 5 aromatic rings. The Morgan fingerprint density at radius 2 is 1.39 bits per heavy atom. The maximum Gasteiger partial charge on any atom is 0.0533 e. The Labute approximate surface area is 291 Å². The Morgan fingerprint density at radius 3 is 2.10 bits per heavy atom. The van der Waals surface area contributed by atoms with Crippen molar-refractivity contribution in [2.75, 3.05) is 9.80 Å². The lowest BCUT2D eigenvalue weighted by Crippen LogP contribution is -2.16. The Morgan fingerprint density at radius 1 is 0.673 bits per heavy atom. The summed E-state index contributed by atoms with van der Waals surface area (Å²) in [7, 11) is 0. The zero-order valence-corrected chi connectivity index (χ0v) is 28.1. The van der Waals surface area contributed by atoms with Crippen LogP contribution in [0.2, 0.25) is 0 Å². The van der Waals surface area contributed by atoms with Gasteiger partial charge in [-0.15, -0.1) is 0 Å². The Bertz CT molecular complexity index is 2100. The second-order valence-electron chi connectivity index (χ2n) is 12.7. The largest absolute Gasteiger partial charge is 0.317 e. The summed E-state index contributed by atoms with van der Waals surface area (Å²) in [4.78, 5) is 4.63. The van der Waals surface area contributed by atoms with Gasteiger partial charge in [0.15, 0.2) is 0 Å². The van der Waals surface area contributed by atoms with Crippen LogP contribution in [0.3, 0.4) is 0 Å². The summed E-state index contributed by atoms with van der Waals surface area (Å²) in [6, 6.07) is 43.9. The normalized spacial score (nSPS) is 16.0. The van der Waals surface area contributed by atoms with Gasteiger partial charge in [0.2, 0.25) is 0 Å². The van der Waals surface area contributed by atoms with Crippen molar-refractivity contribution in [3.8, 4) is 0 Å². The van der Waals surface area contributed by atoms with Gasteiger partial charge < -0.3 is 9.80 Å². The number of rotatable bonds is 10. The molecule has 0 bridgehead atoms. The van der Waals surface area contributed by atoms with E-state index in [4.69, 9.17) is 0 Å². The summed E-state index contributed by atoms with van der Waals surface area (Å²) in [5.74, 6) is 0.308. The van der Waals surface area contributed by atoms with E-state index < -0.39 is 0 Å². The first kappa shape index (κ1) is 31.7. The van der Waals surface area contributed by atoms with E-state index in [1.807, 2.05) is 12.2 Å². The molecule has 2 nitrogen and oxygen atoms in total. The first-order chi connectivity index (χ1) is 24.2. The lowest BCUT2D eigenvalue weighted by atomic mass is 9.91. The minimum absolute atomic E-state index is 0.308. The van der Waals surface area contributed by atoms with Crippen LogP contribution in [0.5, 0.6) is 0 Å². The fourth-order valence-corrected chi connectivity index (χ4v) is 6.74. The Kier molecular flexibility index (Phi) is 9.66. The van der Waals surface area contributed by atoms with E-state index in [9.17, 15) is 0 Å². The quantitative estimate of drug-likeness (QED) is 0.141. The second-order valence-corrected chi connectivity index (χ2v) is 12.7. The van der Waals surface area contributed by atoms with Crippen molar-refractivity contribution in [1.82, 2.24) is 0 Å². The second kappa shape index (κ2) is 14.9. The number of allylic oxidation sites excluding steroid dienone is 11. The van der Waals surface area contributed by atoms with E-state index in [0.29, 0.717) is 5.92 Å². The first-order valence-corrected chi connectivity index (χ1v) is 17.2. The van der Waals surface area contributed by atoms with Crippen molar-refractivity contribution < 1.29 is 0 Å². The number of hydrogen-bond donors (Lipinski definition) is 0. The number of nitrogens with zero attached hydrogens (tertiary/aromatic N) is 2. The zero-order chi connectivity index (χ0) is 33.4. The van der Waals surface area contributed by atoms with Crippen molar-refractivity contribution in [3.63, 3.8) is 0 Å². The summed E-state index contributed by atoms with van der Waals surface area (Å²) < 4.78 is 0. The summed E-state index contributed by atoms with van der Waals surface area (Å²) in [6.07, 6.45) is 24.6. The maximum absolute atomic E-state index is 3.81. The minimum atomic E-state index is 0.308. The highest BCUT2D eigenvalue weighted by Gasteiger charge is 2.18. The van der Waals surface area contributed by atoms with Crippen LogP contribution in [-0.2, 0) is 0 Å². The van der Waals surface area contributed by atoms with Crippen LogP contribution in [-0.4, -0.2) is 0 Å². The Balaban J connectivity index is 1.13. The van der Waals surface area contributed by atoms with Gasteiger partial charge in [-0.3, -0.25) is 0 Å². The molecule has 0 amide bonds. The van der Waals surface area contributed by atoms with E-state index in [2.05, 4.69) is 187 Å². The van der Waals surface area contributed by atoms with Crippen molar-refractivity contribution in [2.24, 2.45) is 0 Å². The third-order valence-corrected chi connectivity index (χ3v) is 9.43. The van der Waals surface area contributed by atoms with Gasteiger partial charge in [0.25, 0.3) is 0 Å². The number of benzene rings is 5. The van der Waals surface area contributed by atoms with E-state index in [1.54, 1.807) is 6.08 Å². The van der Waals surface area contributed by atoms with Crippen LogP contribution in [0.15, 0.2) is 200 Å². The molecule has 0 fully saturated rings. The molecule has 240 valence electrons. The van der Waals surface area contributed by atoms with Gasteiger partial charge in [0.05, 0.1) is 5.69 Å². The number of para-hydroxylation sites is 1. The molecule has 0 heterocycles. The highest BCUT2D eigenvalue weighted by Crippen LogP contribution is 2.38. The first-order valence-electron chi connectivity index (χ1n) is 17.2. The molecule has 0 saturated carbocycles. The molecule has 0 aliphatic heterocycles. The number of fused-ring (bicyclic) bond motifs is 1. The molecule has 2 aliphatic carbocycles. The average molecular weight is 635 g/mol.